The highest BCUT2D eigenvalue weighted by Crippen LogP contribution is 2.30. The third-order valence-corrected chi connectivity index (χ3v) is 6.29. The molecule has 0 saturated carbocycles. The fourth-order valence-electron chi connectivity index (χ4n) is 3.47. The van der Waals surface area contributed by atoms with Crippen LogP contribution in [0, 0.1) is 0 Å². The molecule has 0 aliphatic carbocycles. The number of carbonyl (C=O) groups excluding carboxylic acids is 1. The first-order chi connectivity index (χ1) is 15.4. The fourth-order valence-corrected chi connectivity index (χ4v) is 4.10. The zero-order valence-corrected chi connectivity index (χ0v) is 18.5. The van der Waals surface area contributed by atoms with Gasteiger partial charge in [-0.15, -0.1) is 0 Å². The first-order valence-corrected chi connectivity index (χ1v) is 12.2. The van der Waals surface area contributed by atoms with E-state index in [0.717, 1.165) is 22.0 Å². The van der Waals surface area contributed by atoms with Gasteiger partial charge < -0.3 is 15.0 Å². The van der Waals surface area contributed by atoms with Crippen LogP contribution in [0.1, 0.15) is 21.6 Å². The molecule has 0 aliphatic heterocycles. The lowest BCUT2D eigenvalue weighted by molar-refractivity contribution is 0.0945. The molecule has 4 rings (SSSR count). The molecule has 164 valence electrons. The third kappa shape index (κ3) is 5.00. The van der Waals surface area contributed by atoms with Gasteiger partial charge in [0.1, 0.15) is 12.3 Å². The molecule has 0 radical (unpaired) electrons. The maximum atomic E-state index is 12.9. The lowest BCUT2D eigenvalue weighted by Crippen LogP contribution is -2.26. The molecule has 0 fully saturated rings. The van der Waals surface area contributed by atoms with Crippen molar-refractivity contribution in [2.24, 2.45) is 0 Å². The Kier molecular flexibility index (Phi) is 6.28. The van der Waals surface area contributed by atoms with Crippen LogP contribution < -0.4 is 10.1 Å². The number of fused-ring (bicyclic) bond motifs is 1. The van der Waals surface area contributed by atoms with Crippen LogP contribution in [0.4, 0.5) is 0 Å². The van der Waals surface area contributed by atoms with Crippen molar-refractivity contribution in [1.82, 2.24) is 10.3 Å². The summed E-state index contributed by atoms with van der Waals surface area (Å²) in [6.45, 7) is 0.764. The quantitative estimate of drug-likeness (QED) is 0.424. The number of benzene rings is 3. The minimum atomic E-state index is -3.22. The second kappa shape index (κ2) is 9.28. The molecule has 0 bridgehead atoms. The number of carbonyl (C=O) groups is 1. The number of sulfone groups is 1. The Bertz CT molecular complexity index is 1330. The molecule has 3 aromatic carbocycles. The molecule has 4 aromatic rings. The standard InChI is InChI=1S/C25H24N2O4S/c1-32(29,30)20-13-11-18(12-14-20)15-16-26-25(28)23-24(21-9-5-6-10-22(21)27-23)31-17-19-7-3-2-4-8-19/h2-14,27H,15-17H2,1H3,(H,26,28). The molecular formula is C25H24N2O4S. The summed E-state index contributed by atoms with van der Waals surface area (Å²) in [6, 6.07) is 24.1. The van der Waals surface area contributed by atoms with Crippen molar-refractivity contribution in [1.29, 1.82) is 0 Å². The van der Waals surface area contributed by atoms with Crippen molar-refractivity contribution in [2.45, 2.75) is 17.9 Å². The fraction of sp³-hybridized carbons (Fsp3) is 0.160. The van der Waals surface area contributed by atoms with Crippen LogP contribution in [-0.2, 0) is 22.9 Å². The van der Waals surface area contributed by atoms with Crippen LogP contribution in [-0.4, -0.2) is 32.1 Å². The van der Waals surface area contributed by atoms with Gasteiger partial charge in [-0.1, -0.05) is 54.6 Å². The average molecular weight is 449 g/mol. The molecule has 0 aliphatic rings. The highest BCUT2D eigenvalue weighted by atomic mass is 32.2. The molecule has 2 N–H and O–H groups in total. The van der Waals surface area contributed by atoms with E-state index in [1.807, 2.05) is 54.6 Å². The number of aromatic amines is 1. The summed E-state index contributed by atoms with van der Waals surface area (Å²) in [4.78, 5) is 16.4. The molecule has 0 saturated heterocycles. The van der Waals surface area contributed by atoms with Crippen LogP contribution in [0.5, 0.6) is 5.75 Å². The summed E-state index contributed by atoms with van der Waals surface area (Å²) in [5.74, 6) is 0.275. The number of hydrogen-bond acceptors (Lipinski definition) is 4. The lowest BCUT2D eigenvalue weighted by Gasteiger charge is -2.09. The number of hydrogen-bond donors (Lipinski definition) is 2. The van der Waals surface area contributed by atoms with E-state index in [2.05, 4.69) is 10.3 Å². The summed E-state index contributed by atoms with van der Waals surface area (Å²) < 4.78 is 29.2. The molecule has 1 amide bonds. The van der Waals surface area contributed by atoms with Gasteiger partial charge in [0, 0.05) is 23.7 Å². The maximum absolute atomic E-state index is 12.9. The number of ether oxygens (including phenoxy) is 1. The molecule has 1 aromatic heterocycles. The predicted octanol–water partition coefficient (Wildman–Crippen LogP) is 4.12. The summed E-state index contributed by atoms with van der Waals surface area (Å²) >= 11 is 0. The molecule has 6 nitrogen and oxygen atoms in total. The molecule has 0 unspecified atom stereocenters. The highest BCUT2D eigenvalue weighted by molar-refractivity contribution is 7.90. The van der Waals surface area contributed by atoms with E-state index in [1.54, 1.807) is 24.3 Å². The Morgan fingerprint density at radius 2 is 1.59 bits per heavy atom. The number of rotatable bonds is 8. The normalized spacial score (nSPS) is 11.4. The monoisotopic (exact) mass is 448 g/mol. The van der Waals surface area contributed by atoms with Crippen LogP contribution >= 0.6 is 0 Å². The van der Waals surface area contributed by atoms with Gasteiger partial charge in [0.05, 0.1) is 4.90 Å². The Hall–Kier alpha value is -3.58. The van der Waals surface area contributed by atoms with Gasteiger partial charge in [0.15, 0.2) is 15.6 Å². The largest absolute Gasteiger partial charge is 0.486 e. The van der Waals surface area contributed by atoms with Crippen molar-refractivity contribution < 1.29 is 17.9 Å². The van der Waals surface area contributed by atoms with Gasteiger partial charge in [-0.05, 0) is 41.8 Å². The smallest absolute Gasteiger partial charge is 0.271 e. The van der Waals surface area contributed by atoms with E-state index in [4.69, 9.17) is 4.74 Å². The average Bonchev–Trinajstić information content (AvgIpc) is 3.17. The third-order valence-electron chi connectivity index (χ3n) is 5.16. The Labute approximate surface area is 187 Å². The zero-order chi connectivity index (χ0) is 22.6. The number of para-hydroxylation sites is 1. The topological polar surface area (TPSA) is 88.3 Å². The number of H-pyrrole nitrogens is 1. The zero-order valence-electron chi connectivity index (χ0n) is 17.7. The van der Waals surface area contributed by atoms with E-state index < -0.39 is 9.84 Å². The van der Waals surface area contributed by atoms with Crippen molar-refractivity contribution in [3.8, 4) is 5.75 Å². The minimum absolute atomic E-state index is 0.253. The minimum Gasteiger partial charge on any atom is -0.486 e. The number of nitrogens with one attached hydrogen (secondary N) is 2. The Balaban J connectivity index is 1.45. The molecule has 7 heteroatoms. The second-order valence-electron chi connectivity index (χ2n) is 7.57. The lowest BCUT2D eigenvalue weighted by atomic mass is 10.1. The van der Waals surface area contributed by atoms with Gasteiger partial charge in [-0.3, -0.25) is 4.79 Å². The molecule has 0 spiro atoms. The van der Waals surface area contributed by atoms with E-state index in [-0.39, 0.29) is 10.8 Å². The number of aromatic nitrogens is 1. The maximum Gasteiger partial charge on any atom is 0.271 e. The molecule has 32 heavy (non-hydrogen) atoms. The highest BCUT2D eigenvalue weighted by Gasteiger charge is 2.19. The molecule has 1 heterocycles. The first kappa shape index (κ1) is 21.6. The Morgan fingerprint density at radius 1 is 0.906 bits per heavy atom. The van der Waals surface area contributed by atoms with Gasteiger partial charge in [0.25, 0.3) is 5.91 Å². The van der Waals surface area contributed by atoms with Crippen LogP contribution in [0.25, 0.3) is 10.9 Å². The summed E-state index contributed by atoms with van der Waals surface area (Å²) in [5.41, 5.74) is 3.17. The van der Waals surface area contributed by atoms with Crippen molar-refractivity contribution in [3.63, 3.8) is 0 Å². The van der Waals surface area contributed by atoms with Gasteiger partial charge in [0.2, 0.25) is 0 Å². The number of amides is 1. The first-order valence-electron chi connectivity index (χ1n) is 10.3. The van der Waals surface area contributed by atoms with E-state index in [0.29, 0.717) is 31.0 Å². The summed E-state index contributed by atoms with van der Waals surface area (Å²) in [5, 5.41) is 3.78. The van der Waals surface area contributed by atoms with Crippen LogP contribution in [0.3, 0.4) is 0 Å². The summed E-state index contributed by atoms with van der Waals surface area (Å²) in [6.07, 6.45) is 1.76. The van der Waals surface area contributed by atoms with E-state index in [1.165, 1.54) is 6.26 Å². The SMILES string of the molecule is CS(=O)(=O)c1ccc(CCNC(=O)c2[nH]c3ccccc3c2OCc2ccccc2)cc1. The van der Waals surface area contributed by atoms with Gasteiger partial charge in [-0.2, -0.15) is 0 Å². The summed E-state index contributed by atoms with van der Waals surface area (Å²) in [7, 11) is -3.22. The second-order valence-corrected chi connectivity index (χ2v) is 9.59. The van der Waals surface area contributed by atoms with E-state index >= 15 is 0 Å². The predicted molar refractivity (Wildman–Crippen MR) is 125 cm³/mol. The van der Waals surface area contributed by atoms with Gasteiger partial charge >= 0.3 is 0 Å². The van der Waals surface area contributed by atoms with Crippen molar-refractivity contribution in [3.05, 3.63) is 95.7 Å². The van der Waals surface area contributed by atoms with Crippen molar-refractivity contribution in [2.75, 3.05) is 12.8 Å². The van der Waals surface area contributed by atoms with Crippen LogP contribution in [0.15, 0.2) is 83.8 Å². The Morgan fingerprint density at radius 3 is 2.31 bits per heavy atom. The van der Waals surface area contributed by atoms with E-state index in [9.17, 15) is 13.2 Å². The molecular weight excluding hydrogens is 424 g/mol. The van der Waals surface area contributed by atoms with Crippen LogP contribution in [0.2, 0.25) is 0 Å². The molecule has 0 atom stereocenters. The van der Waals surface area contributed by atoms with Gasteiger partial charge in [-0.25, -0.2) is 8.42 Å². The van der Waals surface area contributed by atoms with Crippen molar-refractivity contribution >= 4 is 26.6 Å².